The third-order valence-corrected chi connectivity index (χ3v) is 4.26. The van der Waals surface area contributed by atoms with E-state index in [1.54, 1.807) is 6.21 Å². The van der Waals surface area contributed by atoms with E-state index in [4.69, 9.17) is 10.9 Å². The highest BCUT2D eigenvalue weighted by atomic mass is 16.4. The Labute approximate surface area is 130 Å². The van der Waals surface area contributed by atoms with Gasteiger partial charge in [0.2, 0.25) is 0 Å². The van der Waals surface area contributed by atoms with E-state index >= 15 is 0 Å². The molecule has 0 heterocycles. The monoisotopic (exact) mass is 292 g/mol. The summed E-state index contributed by atoms with van der Waals surface area (Å²) < 4.78 is 0. The third-order valence-electron chi connectivity index (χ3n) is 4.26. The first-order valence-electron chi connectivity index (χ1n) is 8.25. The number of nitrogens with two attached hydrogens (primary N) is 1. The molecule has 0 spiro atoms. The molecule has 0 bridgehead atoms. The Morgan fingerprint density at radius 3 is 2.29 bits per heavy atom. The first-order chi connectivity index (χ1) is 9.97. The van der Waals surface area contributed by atoms with Crippen molar-refractivity contribution in [2.75, 3.05) is 0 Å². The van der Waals surface area contributed by atoms with Crippen LogP contribution in [0, 0.1) is 5.41 Å². The Morgan fingerprint density at radius 2 is 1.67 bits per heavy atom. The van der Waals surface area contributed by atoms with E-state index in [1.807, 2.05) is 0 Å². The first kappa shape index (κ1) is 18.0. The molecule has 1 saturated carbocycles. The average Bonchev–Trinajstić information content (AvgIpc) is 2.42. The molecular formula is C18H32N2O. The molecule has 3 heteroatoms. The molecule has 0 radical (unpaired) electrons. The lowest BCUT2D eigenvalue weighted by molar-refractivity contribution is 0.298. The molecule has 0 aromatic carbocycles. The Hall–Kier alpha value is -1.09. The largest absolute Gasteiger partial charge is 0.411 e. The van der Waals surface area contributed by atoms with Crippen molar-refractivity contribution in [2.45, 2.75) is 77.2 Å². The van der Waals surface area contributed by atoms with Crippen LogP contribution in [0.15, 0.2) is 29.5 Å². The van der Waals surface area contributed by atoms with Gasteiger partial charge in [-0.2, -0.15) is 0 Å². The van der Waals surface area contributed by atoms with Crippen LogP contribution in [0.4, 0.5) is 0 Å². The summed E-state index contributed by atoms with van der Waals surface area (Å²) in [4.78, 5) is 0. The van der Waals surface area contributed by atoms with Gasteiger partial charge in [-0.15, -0.1) is 5.16 Å². The zero-order valence-electron chi connectivity index (χ0n) is 13.7. The molecule has 1 rings (SSSR count). The SMILES string of the molecule is CC(C)(/C=N/O)C/C=C/CC/C=C/CC1(N)CCCCC1. The van der Waals surface area contributed by atoms with E-state index in [2.05, 4.69) is 43.3 Å². The van der Waals surface area contributed by atoms with Gasteiger partial charge in [0.1, 0.15) is 0 Å². The van der Waals surface area contributed by atoms with Gasteiger partial charge in [0.15, 0.2) is 0 Å². The molecule has 0 amide bonds. The molecule has 21 heavy (non-hydrogen) atoms. The number of hydrogen-bond donors (Lipinski definition) is 2. The number of hydrogen-bond acceptors (Lipinski definition) is 3. The summed E-state index contributed by atoms with van der Waals surface area (Å²) in [5.41, 5.74) is 6.39. The zero-order valence-corrected chi connectivity index (χ0v) is 13.7. The highest BCUT2D eigenvalue weighted by Crippen LogP contribution is 2.28. The van der Waals surface area contributed by atoms with Crippen LogP contribution in [0.2, 0.25) is 0 Å². The standard InChI is InChI=1S/C18H32N2O/c1-17(2,16-20-21)12-8-5-3-4-6-9-13-18(19)14-10-7-11-15-18/h5-6,8-9,16,21H,3-4,7,10-15,19H2,1-2H3/b8-5+,9-6+,20-16+. The highest BCUT2D eigenvalue weighted by Gasteiger charge is 2.25. The van der Waals surface area contributed by atoms with Crippen LogP contribution in [-0.2, 0) is 0 Å². The number of allylic oxidation sites excluding steroid dienone is 3. The van der Waals surface area contributed by atoms with Crippen molar-refractivity contribution >= 4 is 6.21 Å². The second-order valence-corrected chi connectivity index (χ2v) is 7.08. The molecule has 0 aromatic rings. The van der Waals surface area contributed by atoms with Crippen molar-refractivity contribution in [1.29, 1.82) is 0 Å². The van der Waals surface area contributed by atoms with Crippen molar-refractivity contribution in [3.05, 3.63) is 24.3 Å². The van der Waals surface area contributed by atoms with E-state index in [0.717, 1.165) is 25.7 Å². The van der Waals surface area contributed by atoms with E-state index in [0.29, 0.717) is 0 Å². The van der Waals surface area contributed by atoms with Gasteiger partial charge in [0.25, 0.3) is 0 Å². The van der Waals surface area contributed by atoms with Crippen molar-refractivity contribution in [1.82, 2.24) is 0 Å². The fourth-order valence-corrected chi connectivity index (χ4v) is 2.80. The molecule has 0 aromatic heterocycles. The van der Waals surface area contributed by atoms with Gasteiger partial charge < -0.3 is 10.9 Å². The molecular weight excluding hydrogens is 260 g/mol. The maximum Gasteiger partial charge on any atom is 0.0495 e. The van der Waals surface area contributed by atoms with Crippen LogP contribution in [0.5, 0.6) is 0 Å². The number of unbranched alkanes of at least 4 members (excludes halogenated alkanes) is 1. The Kier molecular flexibility index (Phi) is 7.73. The number of oxime groups is 1. The Bertz CT molecular complexity index is 363. The van der Waals surface area contributed by atoms with Crippen molar-refractivity contribution in [2.24, 2.45) is 16.3 Å². The molecule has 0 atom stereocenters. The predicted molar refractivity (Wildman–Crippen MR) is 90.8 cm³/mol. The molecule has 0 saturated heterocycles. The number of rotatable bonds is 8. The second-order valence-electron chi connectivity index (χ2n) is 7.08. The zero-order chi connectivity index (χ0) is 15.6. The van der Waals surface area contributed by atoms with Gasteiger partial charge in [0.05, 0.1) is 0 Å². The summed E-state index contributed by atoms with van der Waals surface area (Å²) in [6.07, 6.45) is 20.8. The molecule has 120 valence electrons. The van der Waals surface area contributed by atoms with Crippen LogP contribution in [0.1, 0.15) is 71.6 Å². The van der Waals surface area contributed by atoms with Gasteiger partial charge in [-0.3, -0.25) is 0 Å². The van der Waals surface area contributed by atoms with E-state index in [1.165, 1.54) is 32.1 Å². The van der Waals surface area contributed by atoms with Crippen molar-refractivity contribution in [3.63, 3.8) is 0 Å². The summed E-state index contributed by atoms with van der Waals surface area (Å²) >= 11 is 0. The molecule has 3 N–H and O–H groups in total. The minimum Gasteiger partial charge on any atom is -0.411 e. The lowest BCUT2D eigenvalue weighted by atomic mass is 9.80. The van der Waals surface area contributed by atoms with Crippen molar-refractivity contribution in [3.8, 4) is 0 Å². The van der Waals surface area contributed by atoms with Crippen LogP contribution < -0.4 is 5.73 Å². The number of nitrogens with zero attached hydrogens (tertiary/aromatic N) is 1. The molecule has 1 aliphatic rings. The van der Waals surface area contributed by atoms with E-state index < -0.39 is 0 Å². The fourth-order valence-electron chi connectivity index (χ4n) is 2.80. The first-order valence-corrected chi connectivity index (χ1v) is 8.25. The smallest absolute Gasteiger partial charge is 0.0495 e. The molecule has 1 fully saturated rings. The summed E-state index contributed by atoms with van der Waals surface area (Å²) in [6.45, 7) is 4.11. The van der Waals surface area contributed by atoms with Crippen molar-refractivity contribution < 1.29 is 5.21 Å². The summed E-state index contributed by atoms with van der Waals surface area (Å²) in [5.74, 6) is 0. The normalized spacial score (nSPS) is 20.0. The minimum absolute atomic E-state index is 0.0677. The van der Waals surface area contributed by atoms with Gasteiger partial charge in [-0.1, -0.05) is 57.4 Å². The molecule has 0 unspecified atom stereocenters. The van der Waals surface area contributed by atoms with Crippen LogP contribution >= 0.6 is 0 Å². The van der Waals surface area contributed by atoms with Gasteiger partial charge in [-0.25, -0.2) is 0 Å². The van der Waals surface area contributed by atoms with Crippen LogP contribution in [0.3, 0.4) is 0 Å². The van der Waals surface area contributed by atoms with Crippen LogP contribution in [-0.4, -0.2) is 17.0 Å². The average molecular weight is 292 g/mol. The second kappa shape index (κ2) is 9.04. The fraction of sp³-hybridized carbons (Fsp3) is 0.722. The highest BCUT2D eigenvalue weighted by molar-refractivity contribution is 5.64. The third kappa shape index (κ3) is 8.05. The summed E-state index contributed by atoms with van der Waals surface area (Å²) in [5, 5.41) is 11.7. The maximum absolute atomic E-state index is 8.56. The lowest BCUT2D eigenvalue weighted by Gasteiger charge is -2.32. The quantitative estimate of drug-likeness (QED) is 0.222. The van der Waals surface area contributed by atoms with E-state index in [9.17, 15) is 0 Å². The minimum atomic E-state index is -0.0754. The Balaban J connectivity index is 2.14. The predicted octanol–water partition coefficient (Wildman–Crippen LogP) is 4.81. The summed E-state index contributed by atoms with van der Waals surface area (Å²) in [6, 6.07) is 0. The van der Waals surface area contributed by atoms with Gasteiger partial charge >= 0.3 is 0 Å². The molecule has 0 aliphatic heterocycles. The lowest BCUT2D eigenvalue weighted by Crippen LogP contribution is -2.40. The Morgan fingerprint density at radius 1 is 1.05 bits per heavy atom. The maximum atomic E-state index is 8.56. The van der Waals surface area contributed by atoms with Gasteiger partial charge in [0, 0.05) is 17.2 Å². The summed E-state index contributed by atoms with van der Waals surface area (Å²) in [7, 11) is 0. The van der Waals surface area contributed by atoms with Crippen LogP contribution in [0.25, 0.3) is 0 Å². The molecule has 1 aliphatic carbocycles. The topological polar surface area (TPSA) is 58.6 Å². The van der Waals surface area contributed by atoms with Gasteiger partial charge in [-0.05, 0) is 38.5 Å². The molecule has 3 nitrogen and oxygen atoms in total. The van der Waals surface area contributed by atoms with E-state index in [-0.39, 0.29) is 11.0 Å².